The second-order valence-electron chi connectivity index (χ2n) is 3.69. The monoisotopic (exact) mass is 221 g/mol. The molecule has 88 valence electrons. The van der Waals surface area contributed by atoms with E-state index in [-0.39, 0.29) is 11.9 Å². The maximum atomic E-state index is 11.3. The normalized spacial score (nSPS) is 12.1. The third-order valence-corrected chi connectivity index (χ3v) is 2.38. The lowest BCUT2D eigenvalue weighted by Crippen LogP contribution is -2.29. The van der Waals surface area contributed by atoms with Crippen LogP contribution in [0, 0.1) is 0 Å². The van der Waals surface area contributed by atoms with E-state index >= 15 is 0 Å². The Kier molecular flexibility index (Phi) is 5.53. The van der Waals surface area contributed by atoms with Gasteiger partial charge in [0.2, 0.25) is 5.91 Å². The molecule has 4 nitrogen and oxygen atoms in total. The van der Waals surface area contributed by atoms with Crippen molar-refractivity contribution in [2.45, 2.75) is 18.9 Å². The van der Waals surface area contributed by atoms with Gasteiger partial charge in [0.05, 0.1) is 0 Å². The average Bonchev–Trinajstić information content (AvgIpc) is 2.34. The predicted octanol–water partition coefficient (Wildman–Crippen LogP) is 0.542. The summed E-state index contributed by atoms with van der Waals surface area (Å²) in [5.41, 5.74) is 12.3. The lowest BCUT2D eigenvalue weighted by Gasteiger charge is -2.11. The smallest absolute Gasteiger partial charge is 0.220 e. The van der Waals surface area contributed by atoms with Gasteiger partial charge in [-0.2, -0.15) is 0 Å². The maximum Gasteiger partial charge on any atom is 0.220 e. The van der Waals surface area contributed by atoms with Crippen LogP contribution in [0.4, 0.5) is 0 Å². The van der Waals surface area contributed by atoms with E-state index < -0.39 is 0 Å². The highest BCUT2D eigenvalue weighted by molar-refractivity contribution is 5.75. The van der Waals surface area contributed by atoms with E-state index in [0.29, 0.717) is 25.9 Å². The highest BCUT2D eigenvalue weighted by atomic mass is 16.1. The van der Waals surface area contributed by atoms with Gasteiger partial charge in [0.1, 0.15) is 0 Å². The second kappa shape index (κ2) is 6.98. The molecule has 0 radical (unpaired) electrons. The summed E-state index contributed by atoms with van der Waals surface area (Å²) in [4.78, 5) is 11.3. The van der Waals surface area contributed by atoms with Gasteiger partial charge < -0.3 is 16.8 Å². The fourth-order valence-electron chi connectivity index (χ4n) is 1.45. The molecule has 5 N–H and O–H groups in total. The molecule has 4 heteroatoms. The van der Waals surface area contributed by atoms with Crippen LogP contribution in [0.1, 0.15) is 24.4 Å². The van der Waals surface area contributed by atoms with Crippen molar-refractivity contribution in [2.24, 2.45) is 11.5 Å². The van der Waals surface area contributed by atoms with Crippen LogP contribution in [-0.2, 0) is 4.79 Å². The Morgan fingerprint density at radius 1 is 1.31 bits per heavy atom. The highest BCUT2D eigenvalue weighted by Gasteiger charge is 2.08. The van der Waals surface area contributed by atoms with Gasteiger partial charge in [-0.25, -0.2) is 0 Å². The van der Waals surface area contributed by atoms with Gasteiger partial charge in [-0.15, -0.1) is 0 Å². The average molecular weight is 221 g/mol. The third kappa shape index (κ3) is 4.42. The lowest BCUT2D eigenvalue weighted by atomic mass is 10.0. The number of benzene rings is 1. The molecule has 1 atom stereocenters. The minimum absolute atomic E-state index is 0.0110. The van der Waals surface area contributed by atoms with Gasteiger partial charge in [0, 0.05) is 25.6 Å². The first-order valence-electron chi connectivity index (χ1n) is 5.51. The summed E-state index contributed by atoms with van der Waals surface area (Å²) in [6.45, 7) is 0.996. The van der Waals surface area contributed by atoms with Crippen LogP contribution >= 0.6 is 0 Å². The van der Waals surface area contributed by atoms with E-state index in [1.54, 1.807) is 0 Å². The van der Waals surface area contributed by atoms with Crippen molar-refractivity contribution >= 4 is 5.91 Å². The van der Waals surface area contributed by atoms with Gasteiger partial charge in [0.15, 0.2) is 0 Å². The van der Waals surface area contributed by atoms with Crippen LogP contribution in [0.5, 0.6) is 0 Å². The number of hydrogen-bond acceptors (Lipinski definition) is 3. The van der Waals surface area contributed by atoms with Crippen molar-refractivity contribution < 1.29 is 4.79 Å². The zero-order valence-corrected chi connectivity index (χ0v) is 9.36. The maximum absolute atomic E-state index is 11.3. The van der Waals surface area contributed by atoms with E-state index in [1.165, 1.54) is 0 Å². The Morgan fingerprint density at radius 3 is 2.62 bits per heavy atom. The minimum atomic E-state index is -0.0789. The Morgan fingerprint density at radius 2 is 2.00 bits per heavy atom. The minimum Gasteiger partial charge on any atom is -0.355 e. The van der Waals surface area contributed by atoms with Crippen LogP contribution in [0.3, 0.4) is 0 Å². The van der Waals surface area contributed by atoms with E-state index in [2.05, 4.69) is 5.32 Å². The zero-order chi connectivity index (χ0) is 11.8. The number of carbonyl (C=O) groups is 1. The Labute approximate surface area is 96.0 Å². The zero-order valence-electron chi connectivity index (χ0n) is 9.36. The third-order valence-electron chi connectivity index (χ3n) is 2.38. The van der Waals surface area contributed by atoms with E-state index in [9.17, 15) is 4.79 Å². The molecule has 1 aromatic carbocycles. The van der Waals surface area contributed by atoms with Gasteiger partial charge in [0.25, 0.3) is 0 Å². The summed E-state index contributed by atoms with van der Waals surface area (Å²) < 4.78 is 0. The fourth-order valence-corrected chi connectivity index (χ4v) is 1.45. The van der Waals surface area contributed by atoms with Crippen molar-refractivity contribution in [3.05, 3.63) is 35.9 Å². The number of amides is 1. The summed E-state index contributed by atoms with van der Waals surface area (Å²) >= 11 is 0. The molecule has 1 aromatic rings. The predicted molar refractivity (Wildman–Crippen MR) is 64.7 cm³/mol. The van der Waals surface area contributed by atoms with Crippen molar-refractivity contribution in [3.8, 4) is 0 Å². The quantitative estimate of drug-likeness (QED) is 0.656. The largest absolute Gasteiger partial charge is 0.355 e. The van der Waals surface area contributed by atoms with E-state index in [0.717, 1.165) is 5.56 Å². The Bertz CT molecular complexity index is 313. The molecule has 0 heterocycles. The first-order chi connectivity index (χ1) is 7.74. The number of nitrogens with one attached hydrogen (secondary N) is 1. The Hall–Kier alpha value is -1.39. The molecule has 0 spiro atoms. The summed E-state index contributed by atoms with van der Waals surface area (Å²) in [6, 6.07) is 9.72. The summed E-state index contributed by atoms with van der Waals surface area (Å²) in [5, 5.41) is 2.72. The number of hydrogen-bond donors (Lipinski definition) is 3. The van der Waals surface area contributed by atoms with Crippen LogP contribution in [0.2, 0.25) is 0 Å². The van der Waals surface area contributed by atoms with Gasteiger partial charge >= 0.3 is 0 Å². The molecular weight excluding hydrogens is 202 g/mol. The van der Waals surface area contributed by atoms with Crippen molar-refractivity contribution in [3.63, 3.8) is 0 Å². The van der Waals surface area contributed by atoms with E-state index in [4.69, 9.17) is 11.5 Å². The van der Waals surface area contributed by atoms with Gasteiger partial charge in [-0.1, -0.05) is 30.3 Å². The number of carbonyl (C=O) groups excluding carboxylic acids is 1. The molecule has 1 unspecified atom stereocenters. The summed E-state index contributed by atoms with van der Waals surface area (Å²) in [7, 11) is 0. The molecule has 0 saturated heterocycles. The molecule has 0 aliphatic carbocycles. The van der Waals surface area contributed by atoms with Gasteiger partial charge in [-0.05, 0) is 12.0 Å². The molecule has 1 rings (SSSR count). The molecule has 0 saturated carbocycles. The molecule has 0 fully saturated rings. The summed E-state index contributed by atoms with van der Waals surface area (Å²) in [5.74, 6) is 0.0110. The standard InChI is InChI=1S/C12H19N3O/c13-8-9-15-12(16)7-6-11(14)10-4-2-1-3-5-10/h1-5,11H,6-9,13-14H2,(H,15,16). The SMILES string of the molecule is NCCNC(=O)CCC(N)c1ccccc1. The van der Waals surface area contributed by atoms with Crippen molar-refractivity contribution in [2.75, 3.05) is 13.1 Å². The molecule has 1 amide bonds. The van der Waals surface area contributed by atoms with Crippen LogP contribution in [-0.4, -0.2) is 19.0 Å². The number of rotatable bonds is 6. The molecule has 0 aromatic heterocycles. The van der Waals surface area contributed by atoms with Crippen LogP contribution in [0.15, 0.2) is 30.3 Å². The number of nitrogens with two attached hydrogens (primary N) is 2. The first-order valence-corrected chi connectivity index (χ1v) is 5.51. The van der Waals surface area contributed by atoms with Crippen molar-refractivity contribution in [1.82, 2.24) is 5.32 Å². The molecule has 0 aliphatic rings. The van der Waals surface area contributed by atoms with Crippen LogP contribution in [0.25, 0.3) is 0 Å². The molecule has 0 aliphatic heterocycles. The van der Waals surface area contributed by atoms with E-state index in [1.807, 2.05) is 30.3 Å². The Balaban J connectivity index is 2.30. The highest BCUT2D eigenvalue weighted by Crippen LogP contribution is 2.14. The fraction of sp³-hybridized carbons (Fsp3) is 0.417. The second-order valence-corrected chi connectivity index (χ2v) is 3.69. The molecule has 0 bridgehead atoms. The van der Waals surface area contributed by atoms with Crippen molar-refractivity contribution in [1.29, 1.82) is 0 Å². The summed E-state index contributed by atoms with van der Waals surface area (Å²) in [6.07, 6.45) is 1.09. The molecule has 16 heavy (non-hydrogen) atoms. The first kappa shape index (κ1) is 12.7. The van der Waals surface area contributed by atoms with Gasteiger partial charge in [-0.3, -0.25) is 4.79 Å². The van der Waals surface area contributed by atoms with Crippen LogP contribution < -0.4 is 16.8 Å². The molecular formula is C12H19N3O. The lowest BCUT2D eigenvalue weighted by molar-refractivity contribution is -0.121. The topological polar surface area (TPSA) is 81.1 Å².